The Kier molecular flexibility index (Phi) is 4.26. The van der Waals surface area contributed by atoms with Crippen LogP contribution in [0.15, 0.2) is 30.3 Å². The summed E-state index contributed by atoms with van der Waals surface area (Å²) in [6, 6.07) is 8.91. The van der Waals surface area contributed by atoms with Gasteiger partial charge in [0.2, 0.25) is 0 Å². The highest BCUT2D eigenvalue weighted by molar-refractivity contribution is 6.35. The van der Waals surface area contributed by atoms with Gasteiger partial charge in [0.25, 0.3) is 5.91 Å². The molecule has 0 aliphatic heterocycles. The van der Waals surface area contributed by atoms with Crippen molar-refractivity contribution in [3.05, 3.63) is 41.0 Å². The van der Waals surface area contributed by atoms with Gasteiger partial charge in [-0.15, -0.1) is 0 Å². The lowest BCUT2D eigenvalue weighted by Gasteiger charge is -2.21. The molecule has 0 bridgehead atoms. The predicted molar refractivity (Wildman–Crippen MR) is 80.0 cm³/mol. The number of carbonyl (C=O) groups is 1. The van der Waals surface area contributed by atoms with Gasteiger partial charge >= 0.3 is 0 Å². The Bertz CT molecular complexity index is 641. The maximum atomic E-state index is 12.1. The van der Waals surface area contributed by atoms with Gasteiger partial charge in [-0.05, 0) is 25.5 Å². The molecule has 20 heavy (non-hydrogen) atoms. The second kappa shape index (κ2) is 5.77. The Labute approximate surface area is 122 Å². The number of hydrogen-bond donors (Lipinski definition) is 2. The normalized spacial score (nSPS) is 14.0. The minimum Gasteiger partial charge on any atom is -0.388 e. The van der Waals surface area contributed by atoms with Crippen molar-refractivity contribution >= 4 is 28.4 Å². The van der Waals surface area contributed by atoms with E-state index in [1.165, 1.54) is 0 Å². The molecule has 0 aliphatic rings. The smallest absolute Gasteiger partial charge is 0.270 e. The second-order valence-electron chi connectivity index (χ2n) is 5.04. The molecule has 0 spiro atoms. The van der Waals surface area contributed by atoms with Crippen LogP contribution in [0.25, 0.3) is 10.9 Å². The highest BCUT2D eigenvalue weighted by atomic mass is 35.5. The fourth-order valence-electron chi connectivity index (χ4n) is 1.74. The molecule has 2 N–H and O–H groups in total. The van der Waals surface area contributed by atoms with E-state index < -0.39 is 5.60 Å². The number of para-hydroxylation sites is 1. The van der Waals surface area contributed by atoms with E-state index in [0.717, 1.165) is 5.39 Å². The number of amides is 1. The molecule has 0 saturated carbocycles. The number of rotatable bonds is 4. The molecule has 106 valence electrons. The van der Waals surface area contributed by atoms with E-state index in [-0.39, 0.29) is 18.1 Å². The van der Waals surface area contributed by atoms with E-state index in [0.29, 0.717) is 17.0 Å². The summed E-state index contributed by atoms with van der Waals surface area (Å²) in [5.74, 6) is -0.341. The third-order valence-electron chi connectivity index (χ3n) is 3.29. The summed E-state index contributed by atoms with van der Waals surface area (Å²) in [4.78, 5) is 16.3. The van der Waals surface area contributed by atoms with Gasteiger partial charge in [0.15, 0.2) is 0 Å². The van der Waals surface area contributed by atoms with Gasteiger partial charge in [0.05, 0.1) is 16.1 Å². The van der Waals surface area contributed by atoms with Crippen LogP contribution in [0.4, 0.5) is 0 Å². The average molecular weight is 293 g/mol. The van der Waals surface area contributed by atoms with Crippen LogP contribution in [-0.4, -0.2) is 28.1 Å². The van der Waals surface area contributed by atoms with E-state index in [1.807, 2.05) is 25.1 Å². The fourth-order valence-corrected chi connectivity index (χ4v) is 2.00. The first-order valence-corrected chi connectivity index (χ1v) is 6.86. The monoisotopic (exact) mass is 292 g/mol. The molecule has 0 aliphatic carbocycles. The number of nitrogens with one attached hydrogen (secondary N) is 1. The zero-order valence-electron chi connectivity index (χ0n) is 11.5. The molecule has 2 rings (SSSR count). The molecule has 0 fully saturated rings. The molecule has 1 heterocycles. The second-order valence-corrected chi connectivity index (χ2v) is 5.45. The van der Waals surface area contributed by atoms with Crippen LogP contribution in [-0.2, 0) is 0 Å². The number of carbonyl (C=O) groups excluding carboxylic acids is 1. The van der Waals surface area contributed by atoms with Crippen LogP contribution in [0.5, 0.6) is 0 Å². The molecule has 4 nitrogen and oxygen atoms in total. The van der Waals surface area contributed by atoms with Crippen molar-refractivity contribution in [2.45, 2.75) is 25.9 Å². The van der Waals surface area contributed by atoms with E-state index in [4.69, 9.17) is 11.6 Å². The Morgan fingerprint density at radius 1 is 1.45 bits per heavy atom. The van der Waals surface area contributed by atoms with Crippen molar-refractivity contribution < 1.29 is 9.90 Å². The van der Waals surface area contributed by atoms with Gasteiger partial charge in [-0.2, -0.15) is 0 Å². The van der Waals surface area contributed by atoms with Crippen molar-refractivity contribution in [2.75, 3.05) is 6.54 Å². The quantitative estimate of drug-likeness (QED) is 0.911. The number of halogens is 1. The van der Waals surface area contributed by atoms with E-state index in [1.54, 1.807) is 19.1 Å². The number of pyridine rings is 1. The number of hydrogen-bond acceptors (Lipinski definition) is 3. The molecular weight excluding hydrogens is 276 g/mol. The molecule has 1 aromatic carbocycles. The Hall–Kier alpha value is -1.65. The molecule has 0 saturated heterocycles. The maximum Gasteiger partial charge on any atom is 0.270 e. The summed E-state index contributed by atoms with van der Waals surface area (Å²) in [6.45, 7) is 3.71. The van der Waals surface area contributed by atoms with Crippen LogP contribution in [0.3, 0.4) is 0 Å². The zero-order chi connectivity index (χ0) is 14.8. The number of benzene rings is 1. The molecule has 5 heteroatoms. The summed E-state index contributed by atoms with van der Waals surface area (Å²) in [6.07, 6.45) is 0.555. The predicted octanol–water partition coefficient (Wildman–Crippen LogP) is 2.78. The van der Waals surface area contributed by atoms with Crippen LogP contribution < -0.4 is 5.32 Å². The van der Waals surface area contributed by atoms with Crippen molar-refractivity contribution in [3.8, 4) is 0 Å². The highest BCUT2D eigenvalue weighted by Crippen LogP contribution is 2.22. The van der Waals surface area contributed by atoms with Crippen molar-refractivity contribution in [1.29, 1.82) is 0 Å². The lowest BCUT2D eigenvalue weighted by atomic mass is 10.0. The largest absolute Gasteiger partial charge is 0.388 e. The Balaban J connectivity index is 2.23. The third-order valence-corrected chi connectivity index (χ3v) is 3.60. The number of aliphatic hydroxyl groups is 1. The van der Waals surface area contributed by atoms with Crippen molar-refractivity contribution in [1.82, 2.24) is 10.3 Å². The molecule has 1 aromatic heterocycles. The van der Waals surface area contributed by atoms with Crippen LogP contribution >= 0.6 is 11.6 Å². The van der Waals surface area contributed by atoms with Gasteiger partial charge in [0.1, 0.15) is 5.69 Å². The van der Waals surface area contributed by atoms with Gasteiger partial charge in [-0.3, -0.25) is 4.79 Å². The molecule has 1 atom stereocenters. The van der Waals surface area contributed by atoms with Gasteiger partial charge in [-0.1, -0.05) is 36.7 Å². The molecule has 1 amide bonds. The molecule has 1 unspecified atom stereocenters. The standard InChI is InChI=1S/C15H17ClN2O2/c1-3-15(2,20)9-17-14(19)13-8-11(16)10-6-4-5-7-12(10)18-13/h4-8,20H,3,9H2,1-2H3,(H,17,19). The van der Waals surface area contributed by atoms with Crippen LogP contribution in [0.2, 0.25) is 5.02 Å². The molecule has 2 aromatic rings. The van der Waals surface area contributed by atoms with E-state index >= 15 is 0 Å². The Morgan fingerprint density at radius 2 is 2.15 bits per heavy atom. The third kappa shape index (κ3) is 3.26. The lowest BCUT2D eigenvalue weighted by Crippen LogP contribution is -2.40. The van der Waals surface area contributed by atoms with Gasteiger partial charge in [-0.25, -0.2) is 4.98 Å². The lowest BCUT2D eigenvalue weighted by molar-refractivity contribution is 0.0517. The number of fused-ring (bicyclic) bond motifs is 1. The number of nitrogens with zero attached hydrogens (tertiary/aromatic N) is 1. The maximum absolute atomic E-state index is 12.1. The van der Waals surface area contributed by atoms with Crippen molar-refractivity contribution in [3.63, 3.8) is 0 Å². The topological polar surface area (TPSA) is 62.2 Å². The van der Waals surface area contributed by atoms with Gasteiger partial charge < -0.3 is 10.4 Å². The first-order valence-electron chi connectivity index (χ1n) is 6.49. The molecular formula is C15H17ClN2O2. The summed E-state index contributed by atoms with van der Waals surface area (Å²) in [7, 11) is 0. The minimum absolute atomic E-state index is 0.175. The van der Waals surface area contributed by atoms with Crippen LogP contribution in [0.1, 0.15) is 30.8 Å². The Morgan fingerprint density at radius 3 is 2.85 bits per heavy atom. The summed E-state index contributed by atoms with van der Waals surface area (Å²) < 4.78 is 0. The molecule has 0 radical (unpaired) electrons. The highest BCUT2D eigenvalue weighted by Gasteiger charge is 2.19. The fraction of sp³-hybridized carbons (Fsp3) is 0.333. The number of aromatic nitrogens is 1. The van der Waals surface area contributed by atoms with Crippen molar-refractivity contribution in [2.24, 2.45) is 0 Å². The van der Waals surface area contributed by atoms with Crippen LogP contribution in [0, 0.1) is 0 Å². The van der Waals surface area contributed by atoms with Gasteiger partial charge in [0, 0.05) is 11.9 Å². The minimum atomic E-state index is -0.920. The first-order chi connectivity index (χ1) is 9.43. The summed E-state index contributed by atoms with van der Waals surface area (Å²) in [5, 5.41) is 13.9. The SMILES string of the molecule is CCC(C)(O)CNC(=O)c1cc(Cl)c2ccccc2n1. The summed E-state index contributed by atoms with van der Waals surface area (Å²) >= 11 is 6.15. The average Bonchev–Trinajstić information content (AvgIpc) is 2.45. The van der Waals surface area contributed by atoms with E-state index in [9.17, 15) is 9.90 Å². The first kappa shape index (κ1) is 14.8. The van der Waals surface area contributed by atoms with E-state index in [2.05, 4.69) is 10.3 Å². The summed E-state index contributed by atoms with van der Waals surface area (Å²) in [5.41, 5.74) is 0.00374. The zero-order valence-corrected chi connectivity index (χ0v) is 12.2.